The number of aliphatic hydroxyl groups excluding tert-OH is 1. The Morgan fingerprint density at radius 1 is 1.00 bits per heavy atom. The molecule has 0 aromatic carbocycles. The Kier molecular flexibility index (Phi) is 10.8. The Morgan fingerprint density at radius 2 is 1.50 bits per heavy atom. The molecule has 0 spiro atoms. The standard InChI is InChI=1S/C8H18O.C2H4O/c1-2-3-4-5-6-7-8-9;1-2-3-1/h9H,2-8H2,1H3;1-2H2. The number of rotatable bonds is 6. The number of aliphatic hydroxyl groups is 1. The fourth-order valence-electron chi connectivity index (χ4n) is 0.892. The lowest BCUT2D eigenvalue weighted by Crippen LogP contribution is -1.82. The zero-order valence-corrected chi connectivity index (χ0v) is 8.22. The van der Waals surface area contributed by atoms with E-state index in [0.29, 0.717) is 6.61 Å². The van der Waals surface area contributed by atoms with Crippen molar-refractivity contribution in [1.29, 1.82) is 0 Å². The third-order valence-electron chi connectivity index (χ3n) is 1.72. The number of hydrogen-bond donors (Lipinski definition) is 1. The highest BCUT2D eigenvalue weighted by molar-refractivity contribution is 4.41. The van der Waals surface area contributed by atoms with Gasteiger partial charge in [0.15, 0.2) is 0 Å². The van der Waals surface area contributed by atoms with Gasteiger partial charge in [0.25, 0.3) is 0 Å². The third kappa shape index (κ3) is 16.5. The van der Waals surface area contributed by atoms with Gasteiger partial charge in [0.2, 0.25) is 0 Å². The Bertz CT molecular complexity index is 63.5. The van der Waals surface area contributed by atoms with Crippen LogP contribution in [0.15, 0.2) is 0 Å². The lowest BCUT2D eigenvalue weighted by molar-refractivity contribution is 0.282. The molecule has 1 N–H and O–H groups in total. The van der Waals surface area contributed by atoms with Crippen molar-refractivity contribution in [3.05, 3.63) is 0 Å². The van der Waals surface area contributed by atoms with Gasteiger partial charge in [0.1, 0.15) is 0 Å². The number of hydrogen-bond acceptors (Lipinski definition) is 2. The second kappa shape index (κ2) is 10.9. The molecule has 1 saturated heterocycles. The Balaban J connectivity index is 0.000000330. The molecule has 0 amide bonds. The van der Waals surface area contributed by atoms with Crippen LogP contribution < -0.4 is 0 Å². The molecule has 0 radical (unpaired) electrons. The van der Waals surface area contributed by atoms with Gasteiger partial charge in [-0.1, -0.05) is 39.0 Å². The van der Waals surface area contributed by atoms with Crippen LogP contribution in [0.5, 0.6) is 0 Å². The zero-order chi connectivity index (χ0) is 9.07. The van der Waals surface area contributed by atoms with E-state index in [2.05, 4.69) is 11.7 Å². The molecule has 0 aliphatic carbocycles. The molecule has 1 fully saturated rings. The molecule has 74 valence electrons. The SMILES string of the molecule is C1CO1.CCCCCCCCO. The molecule has 1 rings (SSSR count). The molecule has 0 saturated carbocycles. The van der Waals surface area contributed by atoms with Gasteiger partial charge in [-0.05, 0) is 6.42 Å². The Labute approximate surface area is 75.9 Å². The molecule has 2 heteroatoms. The highest BCUT2D eigenvalue weighted by Gasteiger charge is 1.94. The van der Waals surface area contributed by atoms with Crippen LogP contribution in [0.1, 0.15) is 45.4 Å². The van der Waals surface area contributed by atoms with E-state index in [4.69, 9.17) is 5.11 Å². The number of epoxide rings is 1. The van der Waals surface area contributed by atoms with Crippen LogP contribution in [0.2, 0.25) is 0 Å². The third-order valence-corrected chi connectivity index (χ3v) is 1.72. The van der Waals surface area contributed by atoms with E-state index in [-0.39, 0.29) is 0 Å². The fraction of sp³-hybridized carbons (Fsp3) is 1.00. The second-order valence-electron chi connectivity index (χ2n) is 3.10. The summed E-state index contributed by atoms with van der Waals surface area (Å²) in [5.74, 6) is 0. The van der Waals surface area contributed by atoms with Gasteiger partial charge >= 0.3 is 0 Å². The van der Waals surface area contributed by atoms with Crippen LogP contribution in [0.4, 0.5) is 0 Å². The summed E-state index contributed by atoms with van der Waals surface area (Å²) in [5, 5.41) is 8.42. The van der Waals surface area contributed by atoms with Crippen molar-refractivity contribution >= 4 is 0 Å². The first kappa shape index (κ1) is 11.9. The normalized spacial score (nSPS) is 13.5. The highest BCUT2D eigenvalue weighted by Crippen LogP contribution is 2.03. The first-order valence-corrected chi connectivity index (χ1v) is 5.10. The van der Waals surface area contributed by atoms with E-state index in [9.17, 15) is 0 Å². The average Bonchev–Trinajstić information content (AvgIpc) is 2.90. The van der Waals surface area contributed by atoms with E-state index in [1.54, 1.807) is 0 Å². The molecule has 0 aromatic heterocycles. The van der Waals surface area contributed by atoms with E-state index < -0.39 is 0 Å². The van der Waals surface area contributed by atoms with Crippen molar-refractivity contribution in [3.8, 4) is 0 Å². The maximum Gasteiger partial charge on any atom is 0.0701 e. The number of unbranched alkanes of at least 4 members (excludes halogenated alkanes) is 5. The second-order valence-corrected chi connectivity index (χ2v) is 3.10. The van der Waals surface area contributed by atoms with Gasteiger partial charge in [0.05, 0.1) is 13.2 Å². The highest BCUT2D eigenvalue weighted by atomic mass is 16.6. The first-order chi connectivity index (χ1) is 5.91. The van der Waals surface area contributed by atoms with Crippen LogP contribution >= 0.6 is 0 Å². The monoisotopic (exact) mass is 174 g/mol. The first-order valence-electron chi connectivity index (χ1n) is 5.10. The summed E-state index contributed by atoms with van der Waals surface area (Å²) in [5.41, 5.74) is 0. The molecule has 0 unspecified atom stereocenters. The quantitative estimate of drug-likeness (QED) is 0.495. The maximum absolute atomic E-state index is 8.42. The summed E-state index contributed by atoms with van der Waals surface area (Å²) >= 11 is 0. The molecular formula is C10H22O2. The van der Waals surface area contributed by atoms with E-state index >= 15 is 0 Å². The molecule has 1 heterocycles. The summed E-state index contributed by atoms with van der Waals surface area (Å²) in [6.45, 7) is 4.58. The molecule has 0 bridgehead atoms. The van der Waals surface area contributed by atoms with Crippen LogP contribution in [-0.4, -0.2) is 24.9 Å². The van der Waals surface area contributed by atoms with Gasteiger partial charge in [-0.2, -0.15) is 0 Å². The predicted molar refractivity (Wildman–Crippen MR) is 51.3 cm³/mol. The summed E-state index contributed by atoms with van der Waals surface area (Å²) in [6.07, 6.45) is 7.50. The fourth-order valence-corrected chi connectivity index (χ4v) is 0.892. The molecule has 0 aromatic rings. The van der Waals surface area contributed by atoms with Gasteiger partial charge in [0, 0.05) is 6.61 Å². The lowest BCUT2D eigenvalue weighted by Gasteiger charge is -1.95. The van der Waals surface area contributed by atoms with Crippen LogP contribution in [-0.2, 0) is 4.74 Å². The minimum atomic E-state index is 0.367. The van der Waals surface area contributed by atoms with Crippen molar-refractivity contribution in [2.75, 3.05) is 19.8 Å². The van der Waals surface area contributed by atoms with Gasteiger partial charge in [-0.15, -0.1) is 0 Å². The average molecular weight is 174 g/mol. The summed E-state index contributed by atoms with van der Waals surface area (Å²) in [7, 11) is 0. The van der Waals surface area contributed by atoms with E-state index in [1.807, 2.05) is 0 Å². The molecular weight excluding hydrogens is 152 g/mol. The van der Waals surface area contributed by atoms with Gasteiger partial charge in [-0.25, -0.2) is 0 Å². The van der Waals surface area contributed by atoms with Gasteiger partial charge < -0.3 is 9.84 Å². The smallest absolute Gasteiger partial charge is 0.0701 e. The van der Waals surface area contributed by atoms with Crippen molar-refractivity contribution < 1.29 is 9.84 Å². The Morgan fingerprint density at radius 3 is 1.92 bits per heavy atom. The van der Waals surface area contributed by atoms with Crippen molar-refractivity contribution in [2.24, 2.45) is 0 Å². The van der Waals surface area contributed by atoms with Crippen molar-refractivity contribution in [2.45, 2.75) is 45.4 Å². The summed E-state index contributed by atoms with van der Waals surface area (Å²) < 4.78 is 4.50. The van der Waals surface area contributed by atoms with Crippen molar-refractivity contribution in [1.82, 2.24) is 0 Å². The minimum absolute atomic E-state index is 0.367. The number of ether oxygens (including phenoxy) is 1. The topological polar surface area (TPSA) is 32.8 Å². The predicted octanol–water partition coefficient (Wildman–Crippen LogP) is 2.36. The van der Waals surface area contributed by atoms with Gasteiger partial charge in [-0.3, -0.25) is 0 Å². The van der Waals surface area contributed by atoms with Crippen LogP contribution in [0, 0.1) is 0 Å². The van der Waals surface area contributed by atoms with Crippen molar-refractivity contribution in [3.63, 3.8) is 0 Å². The maximum atomic E-state index is 8.42. The van der Waals surface area contributed by atoms with E-state index in [1.165, 1.54) is 32.1 Å². The van der Waals surface area contributed by atoms with E-state index in [0.717, 1.165) is 19.6 Å². The molecule has 1 aliphatic rings. The lowest BCUT2D eigenvalue weighted by atomic mass is 10.1. The Hall–Kier alpha value is -0.0800. The summed E-state index contributed by atoms with van der Waals surface area (Å²) in [6, 6.07) is 0. The minimum Gasteiger partial charge on any atom is -0.396 e. The molecule has 12 heavy (non-hydrogen) atoms. The van der Waals surface area contributed by atoms with Crippen LogP contribution in [0.25, 0.3) is 0 Å². The zero-order valence-electron chi connectivity index (χ0n) is 8.22. The molecule has 2 nitrogen and oxygen atoms in total. The molecule has 0 atom stereocenters. The largest absolute Gasteiger partial charge is 0.396 e. The molecule has 1 aliphatic heterocycles. The summed E-state index contributed by atoms with van der Waals surface area (Å²) in [4.78, 5) is 0. The van der Waals surface area contributed by atoms with Crippen LogP contribution in [0.3, 0.4) is 0 Å².